The standard InChI is InChI=1S/C21H17NO3/c23-18(12-11-15-7-3-1-4-8-15)22-14-16-13-21(19(16)24,20(22)25)17-9-5-2-6-10-17/h1-12,16H,13-14H2/b12-11+/t16-,21-/m1/s1. The van der Waals surface area contributed by atoms with Gasteiger partial charge in [-0.25, -0.2) is 0 Å². The van der Waals surface area contributed by atoms with Crippen molar-refractivity contribution >= 4 is 23.7 Å². The van der Waals surface area contributed by atoms with E-state index in [1.165, 1.54) is 11.0 Å². The topological polar surface area (TPSA) is 54.5 Å². The number of Topliss-reactive ketones (excluding diaryl/α,β-unsaturated/α-hetero) is 1. The Morgan fingerprint density at radius 2 is 1.64 bits per heavy atom. The van der Waals surface area contributed by atoms with Gasteiger partial charge in [0.25, 0.3) is 5.91 Å². The van der Waals surface area contributed by atoms with E-state index in [9.17, 15) is 14.4 Å². The molecule has 2 aliphatic heterocycles. The van der Waals surface area contributed by atoms with E-state index in [1.807, 2.05) is 48.5 Å². The minimum absolute atomic E-state index is 0.0558. The van der Waals surface area contributed by atoms with Crippen LogP contribution in [0, 0.1) is 5.92 Å². The highest BCUT2D eigenvalue weighted by molar-refractivity contribution is 6.23. The fourth-order valence-corrected chi connectivity index (χ4v) is 3.77. The van der Waals surface area contributed by atoms with E-state index in [4.69, 9.17) is 0 Å². The van der Waals surface area contributed by atoms with E-state index in [2.05, 4.69) is 0 Å². The highest BCUT2D eigenvalue weighted by atomic mass is 16.2. The fraction of sp³-hybridized carbons (Fsp3) is 0.190. The summed E-state index contributed by atoms with van der Waals surface area (Å²) < 4.78 is 0. The van der Waals surface area contributed by atoms with Crippen LogP contribution in [0.1, 0.15) is 17.5 Å². The van der Waals surface area contributed by atoms with Crippen molar-refractivity contribution in [1.29, 1.82) is 0 Å². The highest BCUT2D eigenvalue weighted by Gasteiger charge is 2.65. The molecule has 5 rings (SSSR count). The summed E-state index contributed by atoms with van der Waals surface area (Å²) in [7, 11) is 0. The van der Waals surface area contributed by atoms with E-state index in [-0.39, 0.29) is 24.2 Å². The lowest BCUT2D eigenvalue weighted by Crippen LogP contribution is -2.70. The van der Waals surface area contributed by atoms with Crippen molar-refractivity contribution < 1.29 is 14.4 Å². The van der Waals surface area contributed by atoms with Crippen LogP contribution in [-0.2, 0) is 19.8 Å². The van der Waals surface area contributed by atoms with Gasteiger partial charge in [-0.15, -0.1) is 0 Å². The van der Waals surface area contributed by atoms with Gasteiger partial charge in [0, 0.05) is 18.5 Å². The van der Waals surface area contributed by atoms with Crippen LogP contribution in [0.2, 0.25) is 0 Å². The number of hydrogen-bond acceptors (Lipinski definition) is 3. The first kappa shape index (κ1) is 15.5. The van der Waals surface area contributed by atoms with Crippen LogP contribution in [-0.4, -0.2) is 29.0 Å². The van der Waals surface area contributed by atoms with Crippen molar-refractivity contribution in [3.8, 4) is 0 Å². The Labute approximate surface area is 145 Å². The molecule has 0 spiro atoms. The SMILES string of the molecule is O=C(/C=C/c1ccccc1)N1C[C@H]2C[C@@](c3ccccc3)(C2=O)C1=O. The van der Waals surface area contributed by atoms with E-state index >= 15 is 0 Å². The van der Waals surface area contributed by atoms with Gasteiger partial charge in [0.15, 0.2) is 5.78 Å². The first-order chi connectivity index (χ1) is 12.1. The van der Waals surface area contributed by atoms with Crippen molar-refractivity contribution in [1.82, 2.24) is 4.90 Å². The molecule has 0 unspecified atom stereocenters. The number of piperidine rings is 2. The zero-order valence-corrected chi connectivity index (χ0v) is 13.6. The number of amides is 2. The van der Waals surface area contributed by atoms with Gasteiger partial charge < -0.3 is 0 Å². The first-order valence-electron chi connectivity index (χ1n) is 8.32. The molecule has 2 aromatic carbocycles. The molecule has 1 aliphatic carbocycles. The number of imide groups is 1. The number of benzene rings is 2. The Bertz CT molecular complexity index is 873. The quantitative estimate of drug-likeness (QED) is 0.642. The molecular formula is C21H17NO3. The van der Waals surface area contributed by atoms with Gasteiger partial charge in [-0.05, 0) is 23.6 Å². The molecule has 2 saturated heterocycles. The molecule has 0 radical (unpaired) electrons. The Hall–Kier alpha value is -3.01. The summed E-state index contributed by atoms with van der Waals surface area (Å²) in [5.41, 5.74) is 0.408. The van der Waals surface area contributed by atoms with Crippen molar-refractivity contribution in [2.45, 2.75) is 11.8 Å². The minimum Gasteiger partial charge on any atom is -0.298 e. The molecule has 124 valence electrons. The van der Waals surface area contributed by atoms with Crippen molar-refractivity contribution in [2.24, 2.45) is 5.92 Å². The maximum Gasteiger partial charge on any atom is 0.253 e. The van der Waals surface area contributed by atoms with Crippen LogP contribution in [0.5, 0.6) is 0 Å². The minimum atomic E-state index is -1.17. The third kappa shape index (κ3) is 2.33. The molecule has 4 heteroatoms. The lowest BCUT2D eigenvalue weighted by Gasteiger charge is -2.52. The Morgan fingerprint density at radius 3 is 2.28 bits per heavy atom. The summed E-state index contributed by atoms with van der Waals surface area (Å²) in [6.07, 6.45) is 3.59. The fourth-order valence-electron chi connectivity index (χ4n) is 3.77. The van der Waals surface area contributed by atoms with Gasteiger partial charge in [-0.1, -0.05) is 60.7 Å². The second-order valence-corrected chi connectivity index (χ2v) is 6.53. The van der Waals surface area contributed by atoms with Crippen LogP contribution >= 0.6 is 0 Å². The number of rotatable bonds is 3. The summed E-state index contributed by atoms with van der Waals surface area (Å²) in [5, 5.41) is 0. The van der Waals surface area contributed by atoms with Gasteiger partial charge in [-0.2, -0.15) is 0 Å². The number of ketones is 1. The summed E-state index contributed by atoms with van der Waals surface area (Å²) in [6, 6.07) is 18.5. The van der Waals surface area contributed by atoms with Gasteiger partial charge in [0.2, 0.25) is 5.91 Å². The number of carbonyl (C=O) groups is 3. The maximum atomic E-state index is 13.0. The number of nitrogens with zero attached hydrogens (tertiary/aromatic N) is 1. The average Bonchev–Trinajstić information content (AvgIpc) is 2.67. The predicted molar refractivity (Wildman–Crippen MR) is 93.4 cm³/mol. The second kappa shape index (κ2) is 5.81. The summed E-state index contributed by atoms with van der Waals surface area (Å²) in [4.78, 5) is 39.3. The van der Waals surface area contributed by atoms with E-state index in [0.717, 1.165) is 5.56 Å². The zero-order valence-electron chi connectivity index (χ0n) is 13.6. The summed E-state index contributed by atoms with van der Waals surface area (Å²) in [5.74, 6) is -1.06. The van der Waals surface area contributed by atoms with Crippen molar-refractivity contribution in [3.05, 3.63) is 77.9 Å². The Balaban J connectivity index is 1.61. The molecule has 1 saturated carbocycles. The molecule has 2 atom stereocenters. The first-order valence-corrected chi connectivity index (χ1v) is 8.32. The monoisotopic (exact) mass is 331 g/mol. The van der Waals surface area contributed by atoms with Crippen LogP contribution < -0.4 is 0 Å². The predicted octanol–water partition coefficient (Wildman–Crippen LogP) is 2.60. The van der Waals surface area contributed by atoms with Crippen molar-refractivity contribution in [2.75, 3.05) is 6.54 Å². The van der Waals surface area contributed by atoms with Gasteiger partial charge in [-0.3, -0.25) is 19.3 Å². The molecular weight excluding hydrogens is 314 g/mol. The molecule has 2 aromatic rings. The maximum absolute atomic E-state index is 13.0. The van der Waals surface area contributed by atoms with E-state index < -0.39 is 11.3 Å². The van der Waals surface area contributed by atoms with Gasteiger partial charge in [0.1, 0.15) is 5.41 Å². The molecule has 4 nitrogen and oxygen atoms in total. The Morgan fingerprint density at radius 1 is 1.00 bits per heavy atom. The summed E-state index contributed by atoms with van der Waals surface area (Å²) >= 11 is 0. The molecule has 2 amide bonds. The number of carbonyl (C=O) groups excluding carboxylic acids is 3. The second-order valence-electron chi connectivity index (χ2n) is 6.53. The van der Waals surface area contributed by atoms with Crippen LogP contribution in [0.15, 0.2) is 66.7 Å². The summed E-state index contributed by atoms with van der Waals surface area (Å²) in [6.45, 7) is 0.185. The molecule has 0 aromatic heterocycles. The lowest BCUT2D eigenvalue weighted by molar-refractivity contribution is -0.167. The molecule has 25 heavy (non-hydrogen) atoms. The smallest absolute Gasteiger partial charge is 0.253 e. The molecule has 3 fully saturated rings. The largest absolute Gasteiger partial charge is 0.298 e. The zero-order chi connectivity index (χ0) is 17.4. The number of fused-ring (bicyclic) bond motifs is 2. The Kier molecular flexibility index (Phi) is 3.61. The molecule has 0 N–H and O–H groups in total. The third-order valence-corrected chi connectivity index (χ3v) is 5.11. The molecule has 2 bridgehead atoms. The van der Waals surface area contributed by atoms with Gasteiger partial charge in [0.05, 0.1) is 0 Å². The lowest BCUT2D eigenvalue weighted by atomic mass is 9.54. The van der Waals surface area contributed by atoms with E-state index in [0.29, 0.717) is 12.0 Å². The van der Waals surface area contributed by atoms with Crippen molar-refractivity contribution in [3.63, 3.8) is 0 Å². The third-order valence-electron chi connectivity index (χ3n) is 5.11. The highest BCUT2D eigenvalue weighted by Crippen LogP contribution is 2.49. The van der Waals surface area contributed by atoms with Crippen LogP contribution in [0.4, 0.5) is 0 Å². The van der Waals surface area contributed by atoms with Crippen LogP contribution in [0.3, 0.4) is 0 Å². The van der Waals surface area contributed by atoms with Gasteiger partial charge >= 0.3 is 0 Å². The normalized spacial score (nSPS) is 25.1. The average molecular weight is 331 g/mol. The molecule has 3 aliphatic rings. The number of hydrogen-bond donors (Lipinski definition) is 0. The van der Waals surface area contributed by atoms with E-state index in [1.54, 1.807) is 18.2 Å². The molecule has 2 heterocycles. The van der Waals surface area contributed by atoms with Crippen LogP contribution in [0.25, 0.3) is 6.08 Å².